The van der Waals surface area contributed by atoms with Crippen molar-refractivity contribution >= 4 is 11.8 Å². The molecule has 8 nitrogen and oxygen atoms in total. The Morgan fingerprint density at radius 1 is 1.11 bits per heavy atom. The number of hydrogen-bond acceptors (Lipinski definition) is 8. The average molecular weight is 521 g/mol. The van der Waals surface area contributed by atoms with Gasteiger partial charge in [-0.1, -0.05) is 20.8 Å². The molecule has 0 spiro atoms. The molecule has 5 aliphatic rings. The van der Waals surface area contributed by atoms with Crippen LogP contribution < -0.4 is 0 Å². The fourth-order valence-electron chi connectivity index (χ4n) is 9.39. The third-order valence-electron chi connectivity index (χ3n) is 11.9. The van der Waals surface area contributed by atoms with Crippen LogP contribution in [-0.2, 0) is 14.3 Å². The molecule has 1 saturated heterocycles. The van der Waals surface area contributed by atoms with Crippen LogP contribution in [0.5, 0.6) is 0 Å². The largest absolute Gasteiger partial charge is 0.462 e. The van der Waals surface area contributed by atoms with Gasteiger partial charge in [-0.15, -0.1) is 0 Å². The predicted molar refractivity (Wildman–Crippen MR) is 134 cm³/mol. The predicted octanol–water partition coefficient (Wildman–Crippen LogP) is 1.89. The molecule has 0 amide bonds. The van der Waals surface area contributed by atoms with Gasteiger partial charge >= 0.3 is 5.97 Å². The molecule has 0 aromatic rings. The molecule has 5 N–H and O–H groups in total. The van der Waals surface area contributed by atoms with Gasteiger partial charge in [-0.3, -0.25) is 9.59 Å². The summed E-state index contributed by atoms with van der Waals surface area (Å²) in [5.41, 5.74) is -3.47. The number of allylic oxidation sites excluding steroid dienone is 1. The lowest BCUT2D eigenvalue weighted by molar-refractivity contribution is -0.178. The Hall–Kier alpha value is -1.32. The van der Waals surface area contributed by atoms with Gasteiger partial charge in [-0.25, -0.2) is 0 Å². The Labute approximate surface area is 219 Å². The molecule has 1 heterocycles. The third-order valence-corrected chi connectivity index (χ3v) is 11.9. The summed E-state index contributed by atoms with van der Waals surface area (Å²) in [5.74, 6) is -1.88. The number of fused-ring (bicyclic) bond motifs is 5. The Balaban J connectivity index is 1.44. The number of rotatable bonds is 4. The van der Waals surface area contributed by atoms with E-state index in [1.807, 2.05) is 20.8 Å². The zero-order valence-corrected chi connectivity index (χ0v) is 22.7. The van der Waals surface area contributed by atoms with Gasteiger partial charge in [0.1, 0.15) is 6.10 Å². The first-order valence-electron chi connectivity index (χ1n) is 14.0. The minimum Gasteiger partial charge on any atom is -0.462 e. The summed E-state index contributed by atoms with van der Waals surface area (Å²) in [4.78, 5) is 25.4. The van der Waals surface area contributed by atoms with Crippen molar-refractivity contribution in [3.05, 3.63) is 11.6 Å². The molecular weight excluding hydrogens is 476 g/mol. The van der Waals surface area contributed by atoms with E-state index in [0.29, 0.717) is 37.7 Å². The van der Waals surface area contributed by atoms with E-state index in [4.69, 9.17) is 4.74 Å². The summed E-state index contributed by atoms with van der Waals surface area (Å²) in [6.45, 7) is 9.21. The van der Waals surface area contributed by atoms with Crippen molar-refractivity contribution in [3.8, 4) is 0 Å². The molecule has 0 aromatic carbocycles. The lowest BCUT2D eigenvalue weighted by atomic mass is 9.45. The van der Waals surface area contributed by atoms with Crippen LogP contribution in [0, 0.1) is 40.4 Å². The van der Waals surface area contributed by atoms with E-state index in [2.05, 4.69) is 0 Å². The summed E-state index contributed by atoms with van der Waals surface area (Å²) >= 11 is 0. The van der Waals surface area contributed by atoms with Crippen molar-refractivity contribution in [2.24, 2.45) is 40.4 Å². The summed E-state index contributed by atoms with van der Waals surface area (Å²) in [5, 5.41) is 56.2. The van der Waals surface area contributed by atoms with E-state index in [1.54, 1.807) is 19.9 Å². The number of ether oxygens (including phenoxy) is 1. The number of hydrogen-bond donors (Lipinski definition) is 5. The van der Waals surface area contributed by atoms with Gasteiger partial charge in [0.25, 0.3) is 0 Å². The summed E-state index contributed by atoms with van der Waals surface area (Å²) in [6.07, 6.45) is 1.21. The Bertz CT molecular complexity index is 1010. The lowest BCUT2D eigenvalue weighted by Crippen LogP contribution is -2.63. The SMILES string of the molecule is C[C@@H]1OC(=O)[C@@H](C)[C@@H]1C[C@@H](O)[C@](C)(O)[C@@H]1CC[C@@]2(O)C3=CC(=O)[C@H]4C[C@@H](O)[C@@H](O)C[C@]4(C)[C@@H]3CC[C@]12C. The quantitative estimate of drug-likeness (QED) is 0.354. The molecule has 3 saturated carbocycles. The van der Waals surface area contributed by atoms with Crippen molar-refractivity contribution in [1.82, 2.24) is 0 Å². The molecule has 1 aliphatic heterocycles. The van der Waals surface area contributed by atoms with Crippen LogP contribution in [0.15, 0.2) is 11.6 Å². The van der Waals surface area contributed by atoms with Gasteiger partial charge in [-0.05, 0) is 87.7 Å². The standard InChI is InChI=1S/C29H44O8/c1-14-16(15(2)37-25(14)34)10-24(33)28(5,35)23-7-9-29(36)18-11-20(30)19-12-21(31)22(32)13-26(19,3)17(18)6-8-27(23,29)4/h11,14-17,19,21-24,31-33,35-36H,6-10,12-13H2,1-5H3/t14-,15-,16-,17+,19+,21+,22-,23+,24+,26+,27+,28+,29+/m0/s1. The zero-order chi connectivity index (χ0) is 27.3. The van der Waals surface area contributed by atoms with E-state index < -0.39 is 52.2 Å². The van der Waals surface area contributed by atoms with Crippen LogP contribution in [0.1, 0.15) is 79.6 Å². The molecule has 0 unspecified atom stereocenters. The molecule has 37 heavy (non-hydrogen) atoms. The highest BCUT2D eigenvalue weighted by Gasteiger charge is 2.69. The van der Waals surface area contributed by atoms with Gasteiger partial charge in [0.05, 0.1) is 35.4 Å². The van der Waals surface area contributed by atoms with E-state index >= 15 is 0 Å². The average Bonchev–Trinajstić information content (AvgIpc) is 3.23. The van der Waals surface area contributed by atoms with Crippen LogP contribution in [0.25, 0.3) is 0 Å². The summed E-state index contributed by atoms with van der Waals surface area (Å²) in [6, 6.07) is 0. The fourth-order valence-corrected chi connectivity index (χ4v) is 9.39. The molecule has 0 bridgehead atoms. The molecule has 4 aliphatic carbocycles. The van der Waals surface area contributed by atoms with Crippen molar-refractivity contribution in [2.75, 3.05) is 0 Å². The second-order valence-electron chi connectivity index (χ2n) is 13.7. The molecule has 0 aromatic heterocycles. The number of esters is 1. The second kappa shape index (κ2) is 8.59. The number of aliphatic hydroxyl groups excluding tert-OH is 3. The lowest BCUT2D eigenvalue weighted by Gasteiger charge is -2.60. The monoisotopic (exact) mass is 520 g/mol. The highest BCUT2D eigenvalue weighted by Crippen LogP contribution is 2.68. The third kappa shape index (κ3) is 3.65. The molecular formula is C29H44O8. The van der Waals surface area contributed by atoms with Crippen molar-refractivity contribution in [3.63, 3.8) is 0 Å². The maximum atomic E-state index is 13.3. The van der Waals surface area contributed by atoms with Crippen molar-refractivity contribution < 1.29 is 39.9 Å². The van der Waals surface area contributed by atoms with Gasteiger partial charge in [-0.2, -0.15) is 0 Å². The molecule has 8 heteroatoms. The number of carbonyl (C=O) groups is 2. The Morgan fingerprint density at radius 3 is 2.41 bits per heavy atom. The van der Waals surface area contributed by atoms with E-state index in [-0.39, 0.29) is 48.5 Å². The zero-order valence-electron chi connectivity index (χ0n) is 22.7. The van der Waals surface area contributed by atoms with Gasteiger partial charge in [0.15, 0.2) is 5.78 Å². The van der Waals surface area contributed by atoms with Crippen LogP contribution in [0.4, 0.5) is 0 Å². The molecule has 13 atom stereocenters. The van der Waals surface area contributed by atoms with Crippen molar-refractivity contribution in [1.29, 1.82) is 0 Å². The number of aliphatic hydroxyl groups is 5. The maximum Gasteiger partial charge on any atom is 0.309 e. The fraction of sp³-hybridized carbons (Fsp3) is 0.862. The first-order chi connectivity index (χ1) is 17.1. The van der Waals surface area contributed by atoms with Gasteiger partial charge in [0, 0.05) is 17.3 Å². The van der Waals surface area contributed by atoms with Crippen LogP contribution in [0.3, 0.4) is 0 Å². The Morgan fingerprint density at radius 2 is 1.78 bits per heavy atom. The molecule has 208 valence electrons. The van der Waals surface area contributed by atoms with Gasteiger partial charge < -0.3 is 30.3 Å². The van der Waals surface area contributed by atoms with Gasteiger partial charge in [0.2, 0.25) is 0 Å². The maximum absolute atomic E-state index is 13.3. The van der Waals surface area contributed by atoms with Crippen LogP contribution in [-0.4, -0.2) is 72.9 Å². The molecule has 0 radical (unpaired) electrons. The normalized spacial score (nSPS) is 51.9. The summed E-state index contributed by atoms with van der Waals surface area (Å²) in [7, 11) is 0. The highest BCUT2D eigenvalue weighted by molar-refractivity contribution is 5.95. The second-order valence-corrected chi connectivity index (χ2v) is 13.7. The summed E-state index contributed by atoms with van der Waals surface area (Å²) < 4.78 is 5.34. The minimum absolute atomic E-state index is 0.104. The van der Waals surface area contributed by atoms with E-state index in [0.717, 1.165) is 0 Å². The topological polar surface area (TPSA) is 145 Å². The number of carbonyl (C=O) groups excluding carboxylic acids is 2. The minimum atomic E-state index is -1.52. The first-order valence-corrected chi connectivity index (χ1v) is 14.0. The highest BCUT2D eigenvalue weighted by atomic mass is 16.6. The van der Waals surface area contributed by atoms with Crippen molar-refractivity contribution in [2.45, 2.75) is 115 Å². The van der Waals surface area contributed by atoms with Crippen LogP contribution in [0.2, 0.25) is 0 Å². The van der Waals surface area contributed by atoms with E-state index in [1.165, 1.54) is 0 Å². The number of ketones is 1. The number of cyclic esters (lactones) is 1. The molecule has 4 fully saturated rings. The Kier molecular flexibility index (Phi) is 6.33. The smallest absolute Gasteiger partial charge is 0.309 e. The first kappa shape index (κ1) is 27.3. The van der Waals surface area contributed by atoms with Crippen LogP contribution >= 0.6 is 0 Å². The molecule has 5 rings (SSSR count). The van der Waals surface area contributed by atoms with E-state index in [9.17, 15) is 35.1 Å².